The zero-order chi connectivity index (χ0) is 12.4. The van der Waals surface area contributed by atoms with Crippen LogP contribution in [0.2, 0.25) is 0 Å². The first kappa shape index (κ1) is 12.1. The van der Waals surface area contributed by atoms with E-state index in [0.29, 0.717) is 6.54 Å². The molecule has 0 saturated carbocycles. The number of aliphatic hydroxyl groups is 1. The number of benzene rings is 1. The zero-order valence-corrected chi connectivity index (χ0v) is 10.4. The van der Waals surface area contributed by atoms with Crippen LogP contribution < -0.4 is 0 Å². The van der Waals surface area contributed by atoms with E-state index < -0.39 is 0 Å². The predicted molar refractivity (Wildman–Crippen MR) is 67.0 cm³/mol. The van der Waals surface area contributed by atoms with Crippen LogP contribution in [0.5, 0.6) is 0 Å². The van der Waals surface area contributed by atoms with E-state index in [1.165, 1.54) is 0 Å². The molecule has 3 nitrogen and oxygen atoms in total. The lowest BCUT2D eigenvalue weighted by atomic mass is 10.1. The van der Waals surface area contributed by atoms with Gasteiger partial charge in [0.25, 0.3) is 5.91 Å². The molecule has 17 heavy (non-hydrogen) atoms. The lowest BCUT2D eigenvalue weighted by Crippen LogP contribution is -2.29. The Kier molecular flexibility index (Phi) is 3.48. The van der Waals surface area contributed by atoms with E-state index in [9.17, 15) is 4.79 Å². The van der Waals surface area contributed by atoms with Crippen LogP contribution in [0.4, 0.5) is 0 Å². The summed E-state index contributed by atoms with van der Waals surface area (Å²) in [4.78, 5) is 14.1. The lowest BCUT2D eigenvalue weighted by Gasteiger charge is -2.16. The minimum Gasteiger partial charge on any atom is -0.396 e. The molecule has 0 unspecified atom stereocenters. The summed E-state index contributed by atoms with van der Waals surface area (Å²) in [5.41, 5.74) is 3.00. The normalized spacial score (nSPS) is 19.7. The first-order valence-electron chi connectivity index (χ1n) is 6.08. The number of nitrogens with zero attached hydrogens (tertiary/aromatic N) is 1. The fraction of sp³-hybridized carbons (Fsp3) is 0.500. The smallest absolute Gasteiger partial charge is 0.253 e. The molecule has 0 aromatic heterocycles. The third-order valence-corrected chi connectivity index (χ3v) is 3.30. The molecule has 0 aliphatic carbocycles. The second kappa shape index (κ2) is 4.88. The van der Waals surface area contributed by atoms with Gasteiger partial charge < -0.3 is 10.0 Å². The number of likely N-dealkylation sites (tertiary alicyclic amines) is 1. The van der Waals surface area contributed by atoms with Gasteiger partial charge in [-0.2, -0.15) is 0 Å². The minimum absolute atomic E-state index is 0.0905. The fourth-order valence-corrected chi connectivity index (χ4v) is 2.45. The van der Waals surface area contributed by atoms with Crippen molar-refractivity contribution in [3.63, 3.8) is 0 Å². The second-order valence-electron chi connectivity index (χ2n) is 4.96. The number of amides is 1. The van der Waals surface area contributed by atoms with Crippen molar-refractivity contribution in [2.24, 2.45) is 5.92 Å². The molecule has 1 fully saturated rings. The maximum atomic E-state index is 12.3. The molecule has 1 aliphatic rings. The van der Waals surface area contributed by atoms with Crippen molar-refractivity contribution in [3.05, 3.63) is 34.9 Å². The first-order valence-corrected chi connectivity index (χ1v) is 6.08. The number of carbonyl (C=O) groups excluding carboxylic acids is 1. The molecule has 1 atom stereocenters. The highest BCUT2D eigenvalue weighted by Crippen LogP contribution is 2.19. The second-order valence-corrected chi connectivity index (χ2v) is 4.96. The largest absolute Gasteiger partial charge is 0.396 e. The molecule has 0 radical (unpaired) electrons. The molecule has 1 heterocycles. The van der Waals surface area contributed by atoms with Gasteiger partial charge in [-0.1, -0.05) is 17.2 Å². The monoisotopic (exact) mass is 233 g/mol. The molecule has 92 valence electrons. The average molecular weight is 233 g/mol. The summed E-state index contributed by atoms with van der Waals surface area (Å²) >= 11 is 0. The highest BCUT2D eigenvalue weighted by Gasteiger charge is 2.26. The van der Waals surface area contributed by atoms with Gasteiger partial charge in [0.2, 0.25) is 0 Å². The van der Waals surface area contributed by atoms with Crippen molar-refractivity contribution in [2.75, 3.05) is 19.7 Å². The Bertz CT molecular complexity index is 408. The SMILES string of the molecule is Cc1cc(C)cc(C(=O)N2CC[C@@H](CO)C2)c1. The number of hydrogen-bond acceptors (Lipinski definition) is 2. The Morgan fingerprint density at radius 1 is 1.35 bits per heavy atom. The summed E-state index contributed by atoms with van der Waals surface area (Å²) in [6.45, 7) is 5.63. The maximum absolute atomic E-state index is 12.3. The van der Waals surface area contributed by atoms with Crippen LogP contribution in [-0.2, 0) is 0 Å². The van der Waals surface area contributed by atoms with Gasteiger partial charge in [0.1, 0.15) is 0 Å². The molecule has 0 spiro atoms. The highest BCUT2D eigenvalue weighted by atomic mass is 16.3. The van der Waals surface area contributed by atoms with E-state index in [1.54, 1.807) is 0 Å². The molecular formula is C14H19NO2. The van der Waals surface area contributed by atoms with Crippen LogP contribution in [0.1, 0.15) is 27.9 Å². The topological polar surface area (TPSA) is 40.5 Å². The summed E-state index contributed by atoms with van der Waals surface area (Å²) in [6.07, 6.45) is 0.910. The van der Waals surface area contributed by atoms with E-state index in [-0.39, 0.29) is 18.4 Å². The van der Waals surface area contributed by atoms with Crippen LogP contribution in [0.3, 0.4) is 0 Å². The van der Waals surface area contributed by atoms with E-state index in [4.69, 9.17) is 5.11 Å². The molecule has 1 aliphatic heterocycles. The van der Waals surface area contributed by atoms with Crippen LogP contribution in [0, 0.1) is 19.8 Å². The molecule has 3 heteroatoms. The number of rotatable bonds is 2. The quantitative estimate of drug-likeness (QED) is 0.845. The molecular weight excluding hydrogens is 214 g/mol. The Morgan fingerprint density at radius 2 is 2.00 bits per heavy atom. The van der Waals surface area contributed by atoms with Crippen LogP contribution in [-0.4, -0.2) is 35.6 Å². The van der Waals surface area contributed by atoms with Gasteiger partial charge in [-0.15, -0.1) is 0 Å². The fourth-order valence-electron chi connectivity index (χ4n) is 2.45. The van der Waals surface area contributed by atoms with Crippen molar-refractivity contribution in [1.82, 2.24) is 4.90 Å². The minimum atomic E-state index is 0.0905. The van der Waals surface area contributed by atoms with Gasteiger partial charge in [-0.05, 0) is 32.4 Å². The molecule has 2 rings (SSSR count). The van der Waals surface area contributed by atoms with Crippen LogP contribution >= 0.6 is 0 Å². The molecule has 1 aromatic rings. The van der Waals surface area contributed by atoms with E-state index in [0.717, 1.165) is 29.7 Å². The number of aryl methyl sites for hydroxylation is 2. The molecule has 0 bridgehead atoms. The van der Waals surface area contributed by atoms with Crippen molar-refractivity contribution >= 4 is 5.91 Å². The summed E-state index contributed by atoms with van der Waals surface area (Å²) < 4.78 is 0. The number of hydrogen-bond donors (Lipinski definition) is 1. The van der Waals surface area contributed by atoms with Gasteiger partial charge in [0, 0.05) is 31.2 Å². The number of carbonyl (C=O) groups is 1. The standard InChI is InChI=1S/C14H19NO2/c1-10-5-11(2)7-13(6-10)14(17)15-4-3-12(8-15)9-16/h5-7,12,16H,3-4,8-9H2,1-2H3/t12-/m1/s1. The first-order chi connectivity index (χ1) is 8.10. The molecule has 1 amide bonds. The lowest BCUT2D eigenvalue weighted by molar-refractivity contribution is 0.0781. The third kappa shape index (κ3) is 2.67. The van der Waals surface area contributed by atoms with Crippen LogP contribution in [0.15, 0.2) is 18.2 Å². The summed E-state index contributed by atoms with van der Waals surface area (Å²) in [7, 11) is 0. The number of aliphatic hydroxyl groups excluding tert-OH is 1. The van der Waals surface area contributed by atoms with Crippen molar-refractivity contribution in [1.29, 1.82) is 0 Å². The van der Waals surface area contributed by atoms with Crippen molar-refractivity contribution < 1.29 is 9.90 Å². The predicted octanol–water partition coefficient (Wildman–Crippen LogP) is 1.76. The Balaban J connectivity index is 2.14. The summed E-state index contributed by atoms with van der Waals surface area (Å²) in [5, 5.41) is 9.09. The van der Waals surface area contributed by atoms with Crippen molar-refractivity contribution in [3.8, 4) is 0 Å². The van der Waals surface area contributed by atoms with E-state index in [2.05, 4.69) is 6.07 Å². The van der Waals surface area contributed by atoms with Gasteiger partial charge in [0.15, 0.2) is 0 Å². The zero-order valence-electron chi connectivity index (χ0n) is 10.4. The van der Waals surface area contributed by atoms with Gasteiger partial charge in [-0.25, -0.2) is 0 Å². The molecule has 1 aromatic carbocycles. The maximum Gasteiger partial charge on any atom is 0.253 e. The van der Waals surface area contributed by atoms with E-state index >= 15 is 0 Å². The van der Waals surface area contributed by atoms with Gasteiger partial charge in [-0.3, -0.25) is 4.79 Å². The average Bonchev–Trinajstić information content (AvgIpc) is 2.75. The molecule has 1 N–H and O–H groups in total. The van der Waals surface area contributed by atoms with Gasteiger partial charge in [0.05, 0.1) is 0 Å². The van der Waals surface area contributed by atoms with Crippen molar-refractivity contribution in [2.45, 2.75) is 20.3 Å². The summed E-state index contributed by atoms with van der Waals surface area (Å²) in [5.74, 6) is 0.345. The third-order valence-electron chi connectivity index (χ3n) is 3.30. The Labute approximate surface area is 102 Å². The molecule has 1 saturated heterocycles. The summed E-state index contributed by atoms with van der Waals surface area (Å²) in [6, 6.07) is 5.93. The van der Waals surface area contributed by atoms with Gasteiger partial charge >= 0.3 is 0 Å². The Hall–Kier alpha value is -1.35. The Morgan fingerprint density at radius 3 is 2.53 bits per heavy atom. The highest BCUT2D eigenvalue weighted by molar-refractivity contribution is 5.94. The van der Waals surface area contributed by atoms with E-state index in [1.807, 2.05) is 30.9 Å². The van der Waals surface area contributed by atoms with Crippen LogP contribution in [0.25, 0.3) is 0 Å².